The molecule has 1 amide bonds. The van der Waals surface area contributed by atoms with E-state index in [9.17, 15) is 4.79 Å². The summed E-state index contributed by atoms with van der Waals surface area (Å²) in [5.74, 6) is -0.136. The number of rotatable bonds is 6. The van der Waals surface area contributed by atoms with Gasteiger partial charge in [-0.1, -0.05) is 54.1 Å². The average Bonchev–Trinajstić information content (AvgIpc) is 2.67. The van der Waals surface area contributed by atoms with Gasteiger partial charge in [0, 0.05) is 37.3 Å². The largest absolute Gasteiger partial charge is 0.379 e. The summed E-state index contributed by atoms with van der Waals surface area (Å²) < 4.78 is 5.38. The number of carbonyl (C=O) groups excluding carboxylic acids is 1. The molecule has 1 fully saturated rings. The lowest BCUT2D eigenvalue weighted by Gasteiger charge is -2.26. The predicted octanol–water partition coefficient (Wildman–Crippen LogP) is 3.50. The summed E-state index contributed by atoms with van der Waals surface area (Å²) in [4.78, 5) is 14.4. The zero-order chi connectivity index (χ0) is 18.2. The van der Waals surface area contributed by atoms with Crippen LogP contribution in [0.5, 0.6) is 0 Å². The molecule has 0 unspecified atom stereocenters. The monoisotopic (exact) mass is 370 g/mol. The highest BCUT2D eigenvalue weighted by atomic mass is 35.5. The van der Waals surface area contributed by atoms with Crippen LogP contribution in [0.25, 0.3) is 6.08 Å². The Morgan fingerprint density at radius 3 is 2.69 bits per heavy atom. The molecule has 1 saturated heterocycles. The minimum atomic E-state index is -0.136. The van der Waals surface area contributed by atoms with Gasteiger partial charge in [-0.2, -0.15) is 0 Å². The molecule has 1 N–H and O–H groups in total. The Bertz CT molecular complexity index is 770. The van der Waals surface area contributed by atoms with Crippen molar-refractivity contribution in [1.82, 2.24) is 10.2 Å². The van der Waals surface area contributed by atoms with Gasteiger partial charge >= 0.3 is 0 Å². The second-order valence-electron chi connectivity index (χ2n) is 6.28. The molecule has 26 heavy (non-hydrogen) atoms. The number of hydrogen-bond acceptors (Lipinski definition) is 3. The maximum atomic E-state index is 12.0. The highest BCUT2D eigenvalue weighted by molar-refractivity contribution is 6.32. The van der Waals surface area contributed by atoms with Gasteiger partial charge in [-0.3, -0.25) is 9.69 Å². The van der Waals surface area contributed by atoms with Crippen LogP contribution in [0, 0.1) is 0 Å². The van der Waals surface area contributed by atoms with Crippen molar-refractivity contribution in [3.05, 3.63) is 76.3 Å². The fraction of sp³-hybridized carbons (Fsp3) is 0.286. The van der Waals surface area contributed by atoms with Crippen molar-refractivity contribution in [1.29, 1.82) is 0 Å². The van der Waals surface area contributed by atoms with Crippen molar-refractivity contribution >= 4 is 23.6 Å². The minimum absolute atomic E-state index is 0.136. The zero-order valence-electron chi connectivity index (χ0n) is 14.7. The van der Waals surface area contributed by atoms with E-state index >= 15 is 0 Å². The van der Waals surface area contributed by atoms with E-state index in [4.69, 9.17) is 16.3 Å². The van der Waals surface area contributed by atoms with Gasteiger partial charge < -0.3 is 10.1 Å². The molecule has 2 aromatic rings. The van der Waals surface area contributed by atoms with Crippen LogP contribution in [0.4, 0.5) is 0 Å². The number of ether oxygens (including phenoxy) is 1. The molecule has 4 nitrogen and oxygen atoms in total. The van der Waals surface area contributed by atoms with Gasteiger partial charge in [0.25, 0.3) is 0 Å². The van der Waals surface area contributed by atoms with E-state index in [2.05, 4.69) is 22.3 Å². The topological polar surface area (TPSA) is 41.6 Å². The number of hydrogen-bond donors (Lipinski definition) is 1. The van der Waals surface area contributed by atoms with E-state index in [1.165, 1.54) is 11.6 Å². The smallest absolute Gasteiger partial charge is 0.244 e. The molecule has 0 atom stereocenters. The van der Waals surface area contributed by atoms with Gasteiger partial charge in [0.05, 0.1) is 13.2 Å². The number of morpholine rings is 1. The lowest BCUT2D eigenvalue weighted by Crippen LogP contribution is -2.35. The Kier molecular flexibility index (Phi) is 6.83. The lowest BCUT2D eigenvalue weighted by atomic mass is 10.1. The van der Waals surface area contributed by atoms with E-state index < -0.39 is 0 Å². The molecule has 0 saturated carbocycles. The van der Waals surface area contributed by atoms with Gasteiger partial charge in [-0.25, -0.2) is 0 Å². The normalized spacial score (nSPS) is 15.3. The summed E-state index contributed by atoms with van der Waals surface area (Å²) in [5.41, 5.74) is 3.18. The fourth-order valence-electron chi connectivity index (χ4n) is 2.88. The van der Waals surface area contributed by atoms with Crippen LogP contribution in [-0.2, 0) is 22.6 Å². The van der Waals surface area contributed by atoms with Crippen molar-refractivity contribution in [3.63, 3.8) is 0 Å². The summed E-state index contributed by atoms with van der Waals surface area (Å²) in [5, 5.41) is 3.55. The van der Waals surface area contributed by atoms with Crippen LogP contribution in [-0.4, -0.2) is 37.1 Å². The summed E-state index contributed by atoms with van der Waals surface area (Å²) in [7, 11) is 0. The molecule has 0 aliphatic carbocycles. The van der Waals surface area contributed by atoms with Gasteiger partial charge in [-0.05, 0) is 28.8 Å². The Morgan fingerprint density at radius 1 is 1.12 bits per heavy atom. The molecule has 5 heteroatoms. The van der Waals surface area contributed by atoms with Crippen LogP contribution in [0.3, 0.4) is 0 Å². The molecule has 1 heterocycles. The first kappa shape index (κ1) is 18.6. The SMILES string of the molecule is O=C(/C=C/c1ccccc1Cl)NCc1cccc(CN2CCOCC2)c1. The van der Waals surface area contributed by atoms with Crippen molar-refractivity contribution in [2.75, 3.05) is 26.3 Å². The molecular weight excluding hydrogens is 348 g/mol. The molecule has 0 radical (unpaired) electrons. The van der Waals surface area contributed by atoms with Gasteiger partial charge in [0.15, 0.2) is 0 Å². The lowest BCUT2D eigenvalue weighted by molar-refractivity contribution is -0.116. The molecule has 0 bridgehead atoms. The Morgan fingerprint density at radius 2 is 1.88 bits per heavy atom. The van der Waals surface area contributed by atoms with Crippen molar-refractivity contribution in [2.24, 2.45) is 0 Å². The van der Waals surface area contributed by atoms with Crippen molar-refractivity contribution in [3.8, 4) is 0 Å². The molecule has 0 spiro atoms. The predicted molar refractivity (Wildman–Crippen MR) is 105 cm³/mol. The van der Waals surface area contributed by atoms with E-state index in [-0.39, 0.29) is 5.91 Å². The first-order chi connectivity index (χ1) is 12.7. The Labute approximate surface area is 159 Å². The number of carbonyl (C=O) groups is 1. The highest BCUT2D eigenvalue weighted by Crippen LogP contribution is 2.16. The molecule has 3 rings (SSSR count). The van der Waals surface area contributed by atoms with Gasteiger partial charge in [0.1, 0.15) is 0 Å². The van der Waals surface area contributed by atoms with Crippen LogP contribution in [0.15, 0.2) is 54.6 Å². The number of benzene rings is 2. The third kappa shape index (κ3) is 5.70. The average molecular weight is 371 g/mol. The maximum absolute atomic E-state index is 12.0. The standard InChI is InChI=1S/C21H23ClN2O2/c22-20-7-2-1-6-19(20)8-9-21(25)23-15-17-4-3-5-18(14-17)16-24-10-12-26-13-11-24/h1-9,14H,10-13,15-16H2,(H,23,25)/b9-8+. The fourth-order valence-corrected chi connectivity index (χ4v) is 3.08. The zero-order valence-corrected chi connectivity index (χ0v) is 15.4. The van der Waals surface area contributed by atoms with Crippen LogP contribution in [0.1, 0.15) is 16.7 Å². The van der Waals surface area contributed by atoms with E-state index in [1.807, 2.05) is 30.3 Å². The first-order valence-electron chi connectivity index (χ1n) is 8.79. The van der Waals surface area contributed by atoms with Crippen LogP contribution >= 0.6 is 11.6 Å². The second-order valence-corrected chi connectivity index (χ2v) is 6.69. The summed E-state index contributed by atoms with van der Waals surface area (Å²) in [6.45, 7) is 4.95. The quantitative estimate of drug-likeness (QED) is 0.791. The van der Waals surface area contributed by atoms with E-state index in [0.29, 0.717) is 11.6 Å². The van der Waals surface area contributed by atoms with Crippen molar-refractivity contribution in [2.45, 2.75) is 13.1 Å². The first-order valence-corrected chi connectivity index (χ1v) is 9.17. The number of amides is 1. The molecule has 0 aromatic heterocycles. The molecule has 2 aromatic carbocycles. The summed E-state index contributed by atoms with van der Waals surface area (Å²) in [6.07, 6.45) is 3.24. The van der Waals surface area contributed by atoms with E-state index in [0.717, 1.165) is 44.0 Å². The third-order valence-corrected chi connectivity index (χ3v) is 4.63. The Hall–Kier alpha value is -2.14. The summed E-state index contributed by atoms with van der Waals surface area (Å²) >= 11 is 6.08. The number of nitrogens with zero attached hydrogens (tertiary/aromatic N) is 1. The molecule has 136 valence electrons. The van der Waals surface area contributed by atoms with Gasteiger partial charge in [-0.15, -0.1) is 0 Å². The maximum Gasteiger partial charge on any atom is 0.244 e. The third-order valence-electron chi connectivity index (χ3n) is 4.29. The van der Waals surface area contributed by atoms with Gasteiger partial charge in [0.2, 0.25) is 5.91 Å². The Balaban J connectivity index is 1.51. The van der Waals surface area contributed by atoms with Crippen molar-refractivity contribution < 1.29 is 9.53 Å². The number of halogens is 1. The van der Waals surface area contributed by atoms with E-state index in [1.54, 1.807) is 12.1 Å². The number of nitrogens with one attached hydrogen (secondary N) is 1. The molecule has 1 aliphatic rings. The molecular formula is C21H23ClN2O2. The molecule has 1 aliphatic heterocycles. The van der Waals surface area contributed by atoms with Crippen LogP contribution < -0.4 is 5.32 Å². The summed E-state index contributed by atoms with van der Waals surface area (Å²) in [6, 6.07) is 15.8. The highest BCUT2D eigenvalue weighted by Gasteiger charge is 2.10. The van der Waals surface area contributed by atoms with Crippen LogP contribution in [0.2, 0.25) is 5.02 Å². The second kappa shape index (κ2) is 9.53. The minimum Gasteiger partial charge on any atom is -0.379 e.